The zero-order chi connectivity index (χ0) is 13.2. The molecule has 2 N–H and O–H groups in total. The molecule has 0 aromatic heterocycles. The van der Waals surface area contributed by atoms with Crippen molar-refractivity contribution in [3.8, 4) is 0 Å². The Morgan fingerprint density at radius 2 is 2.39 bits per heavy atom. The number of ether oxygens (including phenoxy) is 1. The highest BCUT2D eigenvalue weighted by molar-refractivity contribution is 9.10. The van der Waals surface area contributed by atoms with Gasteiger partial charge in [-0.3, -0.25) is 0 Å². The Balaban J connectivity index is 2.16. The van der Waals surface area contributed by atoms with Gasteiger partial charge in [-0.15, -0.1) is 0 Å². The van der Waals surface area contributed by atoms with Crippen LogP contribution in [0.5, 0.6) is 0 Å². The number of aliphatic hydroxyl groups excluding tert-OH is 1. The molecule has 1 saturated heterocycles. The summed E-state index contributed by atoms with van der Waals surface area (Å²) in [5, 5.41) is 13.8. The lowest BCUT2D eigenvalue weighted by atomic mass is 9.87. The first-order valence-electron chi connectivity index (χ1n) is 6.00. The van der Waals surface area contributed by atoms with Crippen molar-refractivity contribution in [1.82, 2.24) is 0 Å². The van der Waals surface area contributed by atoms with Gasteiger partial charge >= 0.3 is 0 Å². The lowest BCUT2D eigenvalue weighted by Gasteiger charge is -2.40. The zero-order valence-corrected chi connectivity index (χ0v) is 12.6. The van der Waals surface area contributed by atoms with Gasteiger partial charge in [0.15, 0.2) is 0 Å². The second kappa shape index (κ2) is 5.78. The molecule has 18 heavy (non-hydrogen) atoms. The van der Waals surface area contributed by atoms with Crippen LogP contribution in [0.3, 0.4) is 0 Å². The van der Waals surface area contributed by atoms with Gasteiger partial charge in [0.05, 0.1) is 23.3 Å². The van der Waals surface area contributed by atoms with Crippen LogP contribution in [-0.2, 0) is 4.74 Å². The molecule has 1 aromatic carbocycles. The second-order valence-corrected chi connectivity index (χ2v) is 6.09. The fraction of sp³-hybridized carbons (Fsp3) is 0.538. The molecule has 5 heteroatoms. The van der Waals surface area contributed by atoms with Gasteiger partial charge in [-0.25, -0.2) is 0 Å². The van der Waals surface area contributed by atoms with Crippen molar-refractivity contribution in [3.05, 3.63) is 27.7 Å². The van der Waals surface area contributed by atoms with Crippen LogP contribution >= 0.6 is 27.5 Å². The highest BCUT2D eigenvalue weighted by Gasteiger charge is 2.35. The van der Waals surface area contributed by atoms with Gasteiger partial charge in [-0.1, -0.05) is 11.6 Å². The SMILES string of the molecule is CC1CC(CO)(Nc2ccc(Cl)c(Br)c2)CCO1. The number of benzene rings is 1. The Morgan fingerprint density at radius 3 is 3.00 bits per heavy atom. The molecular weight excluding hydrogens is 318 g/mol. The third-order valence-electron chi connectivity index (χ3n) is 3.29. The maximum Gasteiger partial charge on any atom is 0.0663 e. The van der Waals surface area contributed by atoms with Crippen molar-refractivity contribution in [2.45, 2.75) is 31.4 Å². The summed E-state index contributed by atoms with van der Waals surface area (Å²) in [6.45, 7) is 2.80. The average molecular weight is 335 g/mol. The predicted octanol–water partition coefficient (Wildman–Crippen LogP) is 3.44. The second-order valence-electron chi connectivity index (χ2n) is 4.83. The topological polar surface area (TPSA) is 41.5 Å². The molecule has 0 spiro atoms. The van der Waals surface area contributed by atoms with Crippen molar-refractivity contribution >= 4 is 33.2 Å². The van der Waals surface area contributed by atoms with Gasteiger partial charge in [0.25, 0.3) is 0 Å². The number of nitrogens with one attached hydrogen (secondary N) is 1. The Bertz CT molecular complexity index is 429. The minimum Gasteiger partial charge on any atom is -0.394 e. The fourth-order valence-corrected chi connectivity index (χ4v) is 2.84. The normalized spacial score (nSPS) is 28.1. The van der Waals surface area contributed by atoms with Crippen LogP contribution in [-0.4, -0.2) is 30.0 Å². The standard InChI is InChI=1S/C13H17BrClNO2/c1-9-7-13(8-17,4-5-18-9)16-10-2-3-12(15)11(14)6-10/h2-3,6,9,16-17H,4-5,7-8H2,1H3. The third kappa shape index (κ3) is 3.18. The Hall–Kier alpha value is -0.290. The molecule has 2 rings (SSSR count). The molecule has 2 atom stereocenters. The number of hydrogen-bond acceptors (Lipinski definition) is 3. The number of halogens is 2. The minimum atomic E-state index is -0.301. The lowest BCUT2D eigenvalue weighted by molar-refractivity contribution is -0.0160. The van der Waals surface area contributed by atoms with E-state index >= 15 is 0 Å². The Morgan fingerprint density at radius 1 is 1.61 bits per heavy atom. The van der Waals surface area contributed by atoms with Crippen LogP contribution in [0.2, 0.25) is 5.02 Å². The quantitative estimate of drug-likeness (QED) is 0.889. The lowest BCUT2D eigenvalue weighted by Crippen LogP contribution is -2.49. The van der Waals surface area contributed by atoms with Crippen LogP contribution in [0.25, 0.3) is 0 Å². The molecule has 0 radical (unpaired) electrons. The molecule has 1 heterocycles. The van der Waals surface area contributed by atoms with E-state index in [0.29, 0.717) is 11.6 Å². The van der Waals surface area contributed by atoms with E-state index in [4.69, 9.17) is 16.3 Å². The van der Waals surface area contributed by atoms with Gasteiger partial charge in [0, 0.05) is 16.8 Å². The maximum atomic E-state index is 9.69. The van der Waals surface area contributed by atoms with Crippen molar-refractivity contribution in [2.24, 2.45) is 0 Å². The summed E-state index contributed by atoms with van der Waals surface area (Å²) >= 11 is 9.37. The van der Waals surface area contributed by atoms with Gasteiger partial charge in [0.1, 0.15) is 0 Å². The van der Waals surface area contributed by atoms with Gasteiger partial charge in [0.2, 0.25) is 0 Å². The average Bonchev–Trinajstić information content (AvgIpc) is 2.34. The zero-order valence-electron chi connectivity index (χ0n) is 10.2. The first-order chi connectivity index (χ1) is 8.54. The largest absolute Gasteiger partial charge is 0.394 e. The van der Waals surface area contributed by atoms with Crippen molar-refractivity contribution in [2.75, 3.05) is 18.5 Å². The highest BCUT2D eigenvalue weighted by atomic mass is 79.9. The number of aliphatic hydroxyl groups is 1. The van der Waals surface area contributed by atoms with Crippen LogP contribution in [0, 0.1) is 0 Å². The Labute approximate surface area is 121 Å². The molecule has 2 unspecified atom stereocenters. The van der Waals surface area contributed by atoms with Crippen LogP contribution in [0.1, 0.15) is 19.8 Å². The van der Waals surface area contributed by atoms with Crippen LogP contribution in [0.15, 0.2) is 22.7 Å². The fourth-order valence-electron chi connectivity index (χ4n) is 2.34. The monoisotopic (exact) mass is 333 g/mol. The summed E-state index contributed by atoms with van der Waals surface area (Å²) < 4.78 is 6.38. The van der Waals surface area contributed by atoms with E-state index in [0.717, 1.165) is 23.0 Å². The summed E-state index contributed by atoms with van der Waals surface area (Å²) in [7, 11) is 0. The van der Waals surface area contributed by atoms with E-state index in [1.807, 2.05) is 25.1 Å². The Kier molecular flexibility index (Phi) is 4.54. The van der Waals surface area contributed by atoms with Crippen molar-refractivity contribution in [1.29, 1.82) is 0 Å². The number of rotatable bonds is 3. The maximum absolute atomic E-state index is 9.69. The van der Waals surface area contributed by atoms with E-state index in [1.54, 1.807) is 0 Å². The van der Waals surface area contributed by atoms with Crippen LogP contribution < -0.4 is 5.32 Å². The first-order valence-corrected chi connectivity index (χ1v) is 7.17. The molecule has 0 saturated carbocycles. The van der Waals surface area contributed by atoms with Crippen molar-refractivity contribution < 1.29 is 9.84 Å². The third-order valence-corrected chi connectivity index (χ3v) is 4.51. The van der Waals surface area contributed by atoms with Gasteiger partial charge in [-0.05, 0) is 53.9 Å². The molecule has 1 fully saturated rings. The summed E-state index contributed by atoms with van der Waals surface area (Å²) in [5.74, 6) is 0. The summed E-state index contributed by atoms with van der Waals surface area (Å²) in [4.78, 5) is 0. The smallest absolute Gasteiger partial charge is 0.0663 e. The van der Waals surface area contributed by atoms with Gasteiger partial charge < -0.3 is 15.2 Å². The predicted molar refractivity (Wildman–Crippen MR) is 77.2 cm³/mol. The van der Waals surface area contributed by atoms with E-state index in [1.165, 1.54) is 0 Å². The molecule has 0 amide bonds. The molecule has 100 valence electrons. The number of hydrogen-bond donors (Lipinski definition) is 2. The minimum absolute atomic E-state index is 0.0982. The number of anilines is 1. The van der Waals surface area contributed by atoms with E-state index < -0.39 is 0 Å². The van der Waals surface area contributed by atoms with Crippen LogP contribution in [0.4, 0.5) is 5.69 Å². The first kappa shape index (κ1) is 14.1. The molecule has 1 aliphatic rings. The molecule has 0 bridgehead atoms. The molecular formula is C13H17BrClNO2. The van der Waals surface area contributed by atoms with E-state index in [-0.39, 0.29) is 18.2 Å². The summed E-state index contributed by atoms with van der Waals surface area (Å²) in [5.41, 5.74) is 0.653. The molecule has 1 aliphatic heterocycles. The summed E-state index contributed by atoms with van der Waals surface area (Å²) in [6.07, 6.45) is 1.76. The van der Waals surface area contributed by atoms with E-state index in [2.05, 4.69) is 21.2 Å². The van der Waals surface area contributed by atoms with Crippen molar-refractivity contribution in [3.63, 3.8) is 0 Å². The highest BCUT2D eigenvalue weighted by Crippen LogP contribution is 2.31. The van der Waals surface area contributed by atoms with E-state index in [9.17, 15) is 5.11 Å². The van der Waals surface area contributed by atoms with Gasteiger partial charge in [-0.2, -0.15) is 0 Å². The molecule has 3 nitrogen and oxygen atoms in total. The molecule has 0 aliphatic carbocycles. The summed E-state index contributed by atoms with van der Waals surface area (Å²) in [6, 6.07) is 5.69. The molecule has 1 aromatic rings.